The van der Waals surface area contributed by atoms with E-state index in [1.165, 1.54) is 5.56 Å². The number of nitrogens with zero attached hydrogens (tertiary/aromatic N) is 1. The van der Waals surface area contributed by atoms with Crippen molar-refractivity contribution in [1.29, 1.82) is 0 Å². The molecule has 142 valence electrons. The molecule has 5 heteroatoms. The number of rotatable bonds is 9. The lowest BCUT2D eigenvalue weighted by atomic mass is 10.0. The van der Waals surface area contributed by atoms with E-state index < -0.39 is 0 Å². The average molecular weight is 357 g/mol. The summed E-state index contributed by atoms with van der Waals surface area (Å²) in [6.07, 6.45) is 2.54. The third-order valence-corrected chi connectivity index (χ3v) is 4.13. The second-order valence-electron chi connectivity index (χ2n) is 7.11. The van der Waals surface area contributed by atoms with E-state index >= 15 is 0 Å². The molecule has 2 rings (SSSR count). The van der Waals surface area contributed by atoms with Gasteiger partial charge in [-0.1, -0.05) is 30.3 Å². The van der Waals surface area contributed by atoms with Crippen molar-refractivity contribution >= 4 is 5.96 Å². The molecule has 0 spiro atoms. The van der Waals surface area contributed by atoms with Crippen molar-refractivity contribution in [2.45, 2.75) is 45.7 Å². The van der Waals surface area contributed by atoms with Crippen LogP contribution in [-0.2, 0) is 6.42 Å². The summed E-state index contributed by atoms with van der Waals surface area (Å²) in [7, 11) is 0. The van der Waals surface area contributed by atoms with Crippen molar-refractivity contribution < 1.29 is 4.42 Å². The van der Waals surface area contributed by atoms with Gasteiger partial charge in [0.2, 0.25) is 0 Å². The number of nitrogens with one attached hydrogen (secondary N) is 3. The van der Waals surface area contributed by atoms with Crippen LogP contribution in [0.4, 0.5) is 0 Å². The monoisotopic (exact) mass is 356 g/mol. The van der Waals surface area contributed by atoms with E-state index in [1.54, 1.807) is 6.26 Å². The second kappa shape index (κ2) is 10.0. The Kier molecular flexibility index (Phi) is 7.73. The Balaban J connectivity index is 1.87. The first-order chi connectivity index (χ1) is 12.5. The molecule has 0 saturated heterocycles. The van der Waals surface area contributed by atoms with Crippen LogP contribution in [0.2, 0.25) is 0 Å². The first-order valence-corrected chi connectivity index (χ1v) is 9.37. The van der Waals surface area contributed by atoms with Gasteiger partial charge in [-0.3, -0.25) is 4.99 Å². The van der Waals surface area contributed by atoms with Crippen LogP contribution < -0.4 is 16.0 Å². The summed E-state index contributed by atoms with van der Waals surface area (Å²) in [5.74, 6) is 1.81. The summed E-state index contributed by atoms with van der Waals surface area (Å²) >= 11 is 0. The fraction of sp³-hybridized carbons (Fsp3) is 0.476. The molecule has 1 atom stereocenters. The zero-order valence-electron chi connectivity index (χ0n) is 16.4. The standard InChI is InChI=1S/C21H32N4O/c1-5-22-20(23-14-13-19-12-9-15-26-19)24-16-21(3,4)25-17(2)18-10-7-6-8-11-18/h6-12,15,17,25H,5,13-14,16H2,1-4H3,(H2,22,23,24). The molecule has 0 bridgehead atoms. The van der Waals surface area contributed by atoms with Gasteiger partial charge in [0.05, 0.1) is 12.8 Å². The lowest BCUT2D eigenvalue weighted by molar-refractivity contribution is 0.356. The van der Waals surface area contributed by atoms with Gasteiger partial charge in [-0.25, -0.2) is 0 Å². The highest BCUT2D eigenvalue weighted by Crippen LogP contribution is 2.16. The molecular formula is C21H32N4O. The SMILES string of the molecule is CCNC(=NCC(C)(C)NC(C)c1ccccc1)NCCc1ccco1. The molecule has 1 heterocycles. The lowest BCUT2D eigenvalue weighted by Gasteiger charge is -2.29. The number of aliphatic imine (C=N–C) groups is 1. The summed E-state index contributed by atoms with van der Waals surface area (Å²) in [5, 5.41) is 10.3. The molecule has 1 unspecified atom stereocenters. The van der Waals surface area contributed by atoms with Gasteiger partial charge >= 0.3 is 0 Å². The molecule has 1 aromatic heterocycles. The van der Waals surface area contributed by atoms with Crippen molar-refractivity contribution in [3.8, 4) is 0 Å². The average Bonchev–Trinajstić information content (AvgIpc) is 3.13. The minimum Gasteiger partial charge on any atom is -0.469 e. The maximum absolute atomic E-state index is 5.37. The van der Waals surface area contributed by atoms with Gasteiger partial charge in [0, 0.05) is 31.1 Å². The van der Waals surface area contributed by atoms with Crippen LogP contribution in [0.5, 0.6) is 0 Å². The van der Waals surface area contributed by atoms with Crippen molar-refractivity contribution in [3.05, 3.63) is 60.1 Å². The smallest absolute Gasteiger partial charge is 0.191 e. The molecule has 0 radical (unpaired) electrons. The fourth-order valence-electron chi connectivity index (χ4n) is 2.83. The molecule has 5 nitrogen and oxygen atoms in total. The normalized spacial score (nSPS) is 13.5. The summed E-state index contributed by atoms with van der Waals surface area (Å²) in [6, 6.07) is 14.7. The van der Waals surface area contributed by atoms with Crippen LogP contribution in [0.1, 0.15) is 45.1 Å². The molecule has 0 saturated carbocycles. The first-order valence-electron chi connectivity index (χ1n) is 9.37. The molecule has 3 N–H and O–H groups in total. The number of hydrogen-bond acceptors (Lipinski definition) is 3. The van der Waals surface area contributed by atoms with E-state index in [0.29, 0.717) is 6.54 Å². The second-order valence-corrected chi connectivity index (χ2v) is 7.11. The van der Waals surface area contributed by atoms with Gasteiger partial charge in [0.15, 0.2) is 5.96 Å². The van der Waals surface area contributed by atoms with Crippen molar-refractivity contribution in [2.75, 3.05) is 19.6 Å². The molecule has 26 heavy (non-hydrogen) atoms. The van der Waals surface area contributed by atoms with Crippen LogP contribution in [0.25, 0.3) is 0 Å². The summed E-state index contributed by atoms with van der Waals surface area (Å²) in [4.78, 5) is 4.75. The zero-order valence-corrected chi connectivity index (χ0v) is 16.4. The summed E-state index contributed by atoms with van der Waals surface area (Å²) in [5.41, 5.74) is 1.17. The highest BCUT2D eigenvalue weighted by molar-refractivity contribution is 5.79. The molecule has 0 fully saturated rings. The van der Waals surface area contributed by atoms with Gasteiger partial charge in [-0.05, 0) is 45.4 Å². The van der Waals surface area contributed by atoms with Crippen LogP contribution in [0.3, 0.4) is 0 Å². The van der Waals surface area contributed by atoms with Crippen LogP contribution in [0.15, 0.2) is 58.1 Å². The van der Waals surface area contributed by atoms with Crippen LogP contribution in [-0.4, -0.2) is 31.1 Å². The van der Waals surface area contributed by atoms with Gasteiger partial charge < -0.3 is 20.4 Å². The van der Waals surface area contributed by atoms with Gasteiger partial charge in [0.25, 0.3) is 0 Å². The van der Waals surface area contributed by atoms with E-state index in [4.69, 9.17) is 9.41 Å². The molecule has 0 aliphatic rings. The van der Waals surface area contributed by atoms with Crippen molar-refractivity contribution in [3.63, 3.8) is 0 Å². The largest absolute Gasteiger partial charge is 0.469 e. The van der Waals surface area contributed by atoms with Gasteiger partial charge in [-0.15, -0.1) is 0 Å². The van der Waals surface area contributed by atoms with Crippen LogP contribution >= 0.6 is 0 Å². The Morgan fingerprint density at radius 1 is 1.12 bits per heavy atom. The number of hydrogen-bond donors (Lipinski definition) is 3. The lowest BCUT2D eigenvalue weighted by Crippen LogP contribution is -2.45. The molecular weight excluding hydrogens is 324 g/mol. The van der Waals surface area contributed by atoms with Crippen LogP contribution in [0, 0.1) is 0 Å². The summed E-state index contributed by atoms with van der Waals surface area (Å²) < 4.78 is 5.37. The number of furan rings is 1. The van der Waals surface area contributed by atoms with E-state index in [-0.39, 0.29) is 11.6 Å². The van der Waals surface area contributed by atoms with Gasteiger partial charge in [0.1, 0.15) is 5.76 Å². The summed E-state index contributed by atoms with van der Waals surface area (Å²) in [6.45, 7) is 10.9. The Labute approximate surface area is 157 Å². The van der Waals surface area contributed by atoms with E-state index in [2.05, 4.69) is 67.9 Å². The zero-order chi connectivity index (χ0) is 18.8. The van der Waals surface area contributed by atoms with E-state index in [0.717, 1.165) is 31.2 Å². The third kappa shape index (κ3) is 6.92. The Morgan fingerprint density at radius 3 is 2.54 bits per heavy atom. The molecule has 0 aliphatic carbocycles. The minimum atomic E-state index is -0.112. The number of benzene rings is 1. The first kappa shape index (κ1) is 20.0. The van der Waals surface area contributed by atoms with Crippen molar-refractivity contribution in [1.82, 2.24) is 16.0 Å². The Morgan fingerprint density at radius 2 is 1.88 bits per heavy atom. The topological polar surface area (TPSA) is 61.6 Å². The highest BCUT2D eigenvalue weighted by atomic mass is 16.3. The van der Waals surface area contributed by atoms with Crippen molar-refractivity contribution in [2.24, 2.45) is 4.99 Å². The molecule has 1 aromatic carbocycles. The quantitative estimate of drug-likeness (QED) is 0.475. The van der Waals surface area contributed by atoms with E-state index in [1.807, 2.05) is 18.2 Å². The minimum absolute atomic E-state index is 0.112. The maximum atomic E-state index is 5.37. The predicted molar refractivity (Wildman–Crippen MR) is 108 cm³/mol. The Bertz CT molecular complexity index is 650. The molecule has 0 amide bonds. The fourth-order valence-corrected chi connectivity index (χ4v) is 2.83. The highest BCUT2D eigenvalue weighted by Gasteiger charge is 2.20. The van der Waals surface area contributed by atoms with Gasteiger partial charge in [-0.2, -0.15) is 0 Å². The Hall–Kier alpha value is -2.27. The maximum Gasteiger partial charge on any atom is 0.191 e. The third-order valence-electron chi connectivity index (χ3n) is 4.13. The van der Waals surface area contributed by atoms with E-state index in [9.17, 15) is 0 Å². The predicted octanol–water partition coefficient (Wildman–Crippen LogP) is 3.51. The molecule has 0 aliphatic heterocycles. The molecule has 2 aromatic rings. The number of guanidine groups is 1.